The normalized spacial score (nSPS) is 9.00. The first kappa shape index (κ1) is 9.00. The van der Waals surface area contributed by atoms with Gasteiger partial charge in [-0.15, -0.1) is 0 Å². The highest BCUT2D eigenvalue weighted by molar-refractivity contribution is 14.1. The molecule has 0 radical (unpaired) electrons. The molecule has 4 heteroatoms. The predicted molar refractivity (Wildman–Crippen MR) is 41.5 cm³/mol. The third kappa shape index (κ3) is 8.00. The van der Waals surface area contributed by atoms with Gasteiger partial charge in [0.2, 0.25) is 0 Å². The van der Waals surface area contributed by atoms with Crippen molar-refractivity contribution in [2.75, 3.05) is 11.0 Å². The van der Waals surface area contributed by atoms with Crippen LogP contribution in [0.1, 0.15) is 12.8 Å². The maximum absolute atomic E-state index is 9.74. The van der Waals surface area contributed by atoms with Crippen LogP contribution in [-0.4, -0.2) is 17.1 Å². The van der Waals surface area contributed by atoms with Gasteiger partial charge in [0, 0.05) is 6.54 Å². The summed E-state index contributed by atoms with van der Waals surface area (Å²) in [6.07, 6.45) is 0.779. The number of halogens is 1. The maximum atomic E-state index is 9.74. The van der Waals surface area contributed by atoms with Crippen LogP contribution in [0.15, 0.2) is 0 Å². The van der Waals surface area contributed by atoms with E-state index in [1.165, 1.54) is 0 Å². The molecule has 0 aromatic heterocycles. The van der Waals surface area contributed by atoms with Crippen molar-refractivity contribution in [1.29, 1.82) is 0 Å². The fraction of sp³-hybridized carbons (Fsp3) is 0.800. The SMILES string of the molecule is O=C([O-])NCCCCI. The molecule has 0 aliphatic carbocycles. The van der Waals surface area contributed by atoms with Gasteiger partial charge in [0.25, 0.3) is 0 Å². The summed E-state index contributed by atoms with van der Waals surface area (Å²) in [6, 6.07) is 0. The van der Waals surface area contributed by atoms with E-state index in [0.717, 1.165) is 17.3 Å². The van der Waals surface area contributed by atoms with Gasteiger partial charge >= 0.3 is 0 Å². The van der Waals surface area contributed by atoms with E-state index in [1.54, 1.807) is 0 Å². The molecule has 9 heavy (non-hydrogen) atoms. The minimum atomic E-state index is -1.18. The first-order chi connectivity index (χ1) is 4.27. The van der Waals surface area contributed by atoms with Crippen molar-refractivity contribution in [2.45, 2.75) is 12.8 Å². The molecule has 0 atom stereocenters. The lowest BCUT2D eigenvalue weighted by Gasteiger charge is -2.03. The quantitative estimate of drug-likeness (QED) is 0.433. The van der Waals surface area contributed by atoms with Crippen LogP contribution in [-0.2, 0) is 0 Å². The van der Waals surface area contributed by atoms with Crippen molar-refractivity contribution in [3.8, 4) is 0 Å². The van der Waals surface area contributed by atoms with E-state index in [2.05, 4.69) is 27.9 Å². The van der Waals surface area contributed by atoms with Crippen LogP contribution in [0.5, 0.6) is 0 Å². The Morgan fingerprint density at radius 3 is 2.67 bits per heavy atom. The van der Waals surface area contributed by atoms with Gasteiger partial charge in [-0.2, -0.15) is 0 Å². The molecular weight excluding hydrogens is 233 g/mol. The van der Waals surface area contributed by atoms with E-state index < -0.39 is 6.09 Å². The Morgan fingerprint density at radius 2 is 2.22 bits per heavy atom. The lowest BCUT2D eigenvalue weighted by molar-refractivity contribution is -0.250. The lowest BCUT2D eigenvalue weighted by atomic mass is 10.3. The molecule has 0 aliphatic heterocycles. The Balaban J connectivity index is 2.83. The Morgan fingerprint density at radius 1 is 1.56 bits per heavy atom. The van der Waals surface area contributed by atoms with Crippen molar-refractivity contribution >= 4 is 28.7 Å². The molecule has 1 N–H and O–H groups in total. The molecule has 3 nitrogen and oxygen atoms in total. The van der Waals surface area contributed by atoms with Gasteiger partial charge in [-0.3, -0.25) is 0 Å². The zero-order valence-corrected chi connectivity index (χ0v) is 7.18. The lowest BCUT2D eigenvalue weighted by Crippen LogP contribution is -2.36. The van der Waals surface area contributed by atoms with E-state index in [9.17, 15) is 9.90 Å². The van der Waals surface area contributed by atoms with Gasteiger partial charge in [0.05, 0.1) is 0 Å². The molecule has 0 rings (SSSR count). The summed E-state index contributed by atoms with van der Waals surface area (Å²) < 4.78 is 1.08. The van der Waals surface area contributed by atoms with Crippen LogP contribution in [0.4, 0.5) is 4.79 Å². The van der Waals surface area contributed by atoms with Crippen LogP contribution in [0.3, 0.4) is 0 Å². The number of rotatable bonds is 4. The minimum Gasteiger partial charge on any atom is -0.530 e. The van der Waals surface area contributed by atoms with E-state index in [-0.39, 0.29) is 0 Å². The smallest absolute Gasteiger partial charge is 0.134 e. The maximum Gasteiger partial charge on any atom is 0.134 e. The molecule has 0 aliphatic rings. The number of nitrogens with one attached hydrogen (secondary N) is 1. The largest absolute Gasteiger partial charge is 0.530 e. The average molecular weight is 242 g/mol. The highest BCUT2D eigenvalue weighted by atomic mass is 127. The van der Waals surface area contributed by atoms with Crippen LogP contribution < -0.4 is 10.4 Å². The average Bonchev–Trinajstić information content (AvgIpc) is 1.80. The molecule has 1 amide bonds. The standard InChI is InChI=1S/C5H10INO2/c6-3-1-2-4-7-5(8)9/h7H,1-4H2,(H,8,9)/p-1. The Bertz CT molecular complexity index is 87.0. The second-order valence-corrected chi connectivity index (χ2v) is 2.69. The highest BCUT2D eigenvalue weighted by Gasteiger charge is 1.84. The Hall–Kier alpha value is 0. The van der Waals surface area contributed by atoms with Crippen molar-refractivity contribution in [3.05, 3.63) is 0 Å². The minimum absolute atomic E-state index is 0.519. The predicted octanol–water partition coefficient (Wildman–Crippen LogP) is 0.134. The Labute approximate surface area is 68.0 Å². The molecule has 0 aromatic carbocycles. The summed E-state index contributed by atoms with van der Waals surface area (Å²) in [5.41, 5.74) is 0. The van der Waals surface area contributed by atoms with Crippen LogP contribution >= 0.6 is 22.6 Å². The Kier molecular flexibility index (Phi) is 6.12. The molecule has 54 valence electrons. The summed E-state index contributed by atoms with van der Waals surface area (Å²) in [5, 5.41) is 11.9. The molecule has 0 unspecified atom stereocenters. The number of carboxylic acid groups (broad SMARTS) is 1. The van der Waals surface area contributed by atoms with Gasteiger partial charge in [0.1, 0.15) is 6.09 Å². The number of amides is 1. The zero-order chi connectivity index (χ0) is 7.11. The number of carbonyl (C=O) groups excluding carboxylic acids is 1. The van der Waals surface area contributed by atoms with Gasteiger partial charge in [-0.05, 0) is 17.3 Å². The van der Waals surface area contributed by atoms with Crippen molar-refractivity contribution in [2.24, 2.45) is 0 Å². The fourth-order valence-corrected chi connectivity index (χ4v) is 0.949. The number of hydrogen-bond donors (Lipinski definition) is 1. The number of alkyl halides is 1. The van der Waals surface area contributed by atoms with E-state index in [1.807, 2.05) is 0 Å². The third-order valence-corrected chi connectivity index (χ3v) is 1.59. The first-order valence-corrected chi connectivity index (χ1v) is 4.30. The summed E-state index contributed by atoms with van der Waals surface area (Å²) in [7, 11) is 0. The number of unbranched alkanes of at least 4 members (excludes halogenated alkanes) is 1. The fourth-order valence-electron chi connectivity index (χ4n) is 0.410. The van der Waals surface area contributed by atoms with Gasteiger partial charge in [0.15, 0.2) is 0 Å². The van der Waals surface area contributed by atoms with Crippen molar-refractivity contribution in [1.82, 2.24) is 5.32 Å². The number of carbonyl (C=O) groups is 1. The zero-order valence-electron chi connectivity index (χ0n) is 5.02. The molecular formula is C5H9INO2-. The van der Waals surface area contributed by atoms with E-state index in [4.69, 9.17) is 0 Å². The molecule has 0 bridgehead atoms. The van der Waals surface area contributed by atoms with Crippen LogP contribution in [0.25, 0.3) is 0 Å². The highest BCUT2D eigenvalue weighted by Crippen LogP contribution is 1.91. The summed E-state index contributed by atoms with van der Waals surface area (Å²) in [5.74, 6) is 0. The third-order valence-electron chi connectivity index (χ3n) is 0.830. The monoisotopic (exact) mass is 242 g/mol. The molecule has 0 saturated heterocycles. The molecule has 0 aromatic rings. The second-order valence-electron chi connectivity index (χ2n) is 1.61. The first-order valence-electron chi connectivity index (χ1n) is 2.78. The number of hydrogen-bond acceptors (Lipinski definition) is 2. The summed E-state index contributed by atoms with van der Waals surface area (Å²) >= 11 is 2.25. The molecule has 0 fully saturated rings. The molecule has 0 spiro atoms. The van der Waals surface area contributed by atoms with Crippen LogP contribution in [0.2, 0.25) is 0 Å². The summed E-state index contributed by atoms with van der Waals surface area (Å²) in [6.45, 7) is 0.519. The van der Waals surface area contributed by atoms with Crippen molar-refractivity contribution in [3.63, 3.8) is 0 Å². The molecule has 0 heterocycles. The molecule has 0 saturated carbocycles. The van der Waals surface area contributed by atoms with Gasteiger partial charge in [-0.1, -0.05) is 22.6 Å². The van der Waals surface area contributed by atoms with Crippen molar-refractivity contribution < 1.29 is 9.90 Å². The summed E-state index contributed by atoms with van der Waals surface area (Å²) in [4.78, 5) is 9.74. The van der Waals surface area contributed by atoms with Crippen LogP contribution in [0, 0.1) is 0 Å². The topological polar surface area (TPSA) is 52.2 Å². The second kappa shape index (κ2) is 6.12. The van der Waals surface area contributed by atoms with E-state index in [0.29, 0.717) is 6.54 Å². The van der Waals surface area contributed by atoms with Gasteiger partial charge < -0.3 is 15.2 Å². The van der Waals surface area contributed by atoms with Gasteiger partial charge in [-0.25, -0.2) is 0 Å². The van der Waals surface area contributed by atoms with E-state index >= 15 is 0 Å².